The molecule has 0 aromatic heterocycles. The van der Waals surface area contributed by atoms with Crippen molar-refractivity contribution in [3.8, 4) is 0 Å². The Kier molecular flexibility index (Phi) is 4.68. The monoisotopic (exact) mass is 320 g/mol. The van der Waals surface area contributed by atoms with Crippen LogP contribution in [-0.2, 0) is 4.79 Å². The van der Waals surface area contributed by atoms with Gasteiger partial charge in [0.25, 0.3) is 11.6 Å². The van der Waals surface area contributed by atoms with Crippen LogP contribution in [0, 0.1) is 17.0 Å². The lowest BCUT2D eigenvalue weighted by Gasteiger charge is -2.41. The third kappa shape index (κ3) is 2.91. The van der Waals surface area contributed by atoms with Crippen LogP contribution in [0.3, 0.4) is 0 Å². The van der Waals surface area contributed by atoms with Crippen LogP contribution in [0.4, 0.5) is 5.69 Å². The second kappa shape index (κ2) is 6.36. The molecule has 1 aliphatic carbocycles. The van der Waals surface area contributed by atoms with Gasteiger partial charge in [-0.25, -0.2) is 4.79 Å². The van der Waals surface area contributed by atoms with Crippen LogP contribution in [0.5, 0.6) is 0 Å². The molecule has 0 bridgehead atoms. The van der Waals surface area contributed by atoms with Crippen molar-refractivity contribution in [2.75, 3.05) is 7.05 Å². The molecule has 0 heterocycles. The fourth-order valence-electron chi connectivity index (χ4n) is 3.26. The Morgan fingerprint density at radius 1 is 1.26 bits per heavy atom. The maximum absolute atomic E-state index is 12.8. The number of rotatable bonds is 4. The summed E-state index contributed by atoms with van der Waals surface area (Å²) in [6, 6.07) is 4.28. The lowest BCUT2D eigenvalue weighted by molar-refractivity contribution is -0.385. The summed E-state index contributed by atoms with van der Waals surface area (Å²) in [4.78, 5) is 36.3. The molecule has 2 rings (SSSR count). The average Bonchev–Trinajstić information content (AvgIpc) is 2.54. The Morgan fingerprint density at radius 2 is 1.87 bits per heavy atom. The molecule has 0 saturated heterocycles. The van der Waals surface area contributed by atoms with E-state index in [1.807, 2.05) is 0 Å². The predicted octanol–water partition coefficient (Wildman–Crippen LogP) is 2.76. The van der Waals surface area contributed by atoms with E-state index in [9.17, 15) is 24.8 Å². The first kappa shape index (κ1) is 16.9. The van der Waals surface area contributed by atoms with E-state index in [1.54, 1.807) is 0 Å². The van der Waals surface area contributed by atoms with Crippen LogP contribution in [0.15, 0.2) is 18.2 Å². The molecule has 1 fully saturated rings. The van der Waals surface area contributed by atoms with Gasteiger partial charge in [-0.05, 0) is 25.8 Å². The molecule has 0 radical (unpaired) electrons. The summed E-state index contributed by atoms with van der Waals surface area (Å²) in [6.45, 7) is 1.51. The highest BCUT2D eigenvalue weighted by Crippen LogP contribution is 2.35. The molecule has 1 aromatic carbocycles. The number of hydrogen-bond acceptors (Lipinski definition) is 4. The summed E-state index contributed by atoms with van der Waals surface area (Å²) in [5, 5.41) is 20.7. The van der Waals surface area contributed by atoms with E-state index in [4.69, 9.17) is 0 Å². The fourth-order valence-corrected chi connectivity index (χ4v) is 3.26. The molecule has 0 unspecified atom stereocenters. The minimum absolute atomic E-state index is 0.141. The maximum atomic E-state index is 12.8. The number of carboxylic acids is 1. The number of carbonyl (C=O) groups is 2. The number of amides is 1. The molecule has 1 amide bonds. The van der Waals surface area contributed by atoms with Crippen molar-refractivity contribution >= 4 is 17.6 Å². The van der Waals surface area contributed by atoms with E-state index in [-0.39, 0.29) is 16.8 Å². The summed E-state index contributed by atoms with van der Waals surface area (Å²) in [6.07, 6.45) is 3.25. The van der Waals surface area contributed by atoms with E-state index in [1.165, 1.54) is 37.1 Å². The smallest absolute Gasteiger partial charge is 0.329 e. The quantitative estimate of drug-likeness (QED) is 0.679. The van der Waals surface area contributed by atoms with Crippen LogP contribution >= 0.6 is 0 Å². The van der Waals surface area contributed by atoms with Crippen molar-refractivity contribution < 1.29 is 19.6 Å². The Bertz CT molecular complexity index is 650. The number of carbonyl (C=O) groups excluding carboxylic acids is 1. The highest BCUT2D eigenvalue weighted by atomic mass is 16.6. The molecule has 0 spiro atoms. The summed E-state index contributed by atoms with van der Waals surface area (Å²) < 4.78 is 0. The SMILES string of the molecule is Cc1c(C(=O)N(C)C2(C(=O)O)CCCCC2)cccc1[N+](=O)[O-]. The van der Waals surface area contributed by atoms with Gasteiger partial charge in [-0.1, -0.05) is 25.3 Å². The zero-order valence-electron chi connectivity index (χ0n) is 13.2. The minimum atomic E-state index is -1.23. The van der Waals surface area contributed by atoms with Gasteiger partial charge in [0.05, 0.1) is 4.92 Å². The van der Waals surface area contributed by atoms with Gasteiger partial charge in [-0.15, -0.1) is 0 Å². The first-order valence-corrected chi connectivity index (χ1v) is 7.57. The van der Waals surface area contributed by atoms with Gasteiger partial charge in [-0.3, -0.25) is 14.9 Å². The number of nitrogens with zero attached hydrogens (tertiary/aromatic N) is 2. The number of aliphatic carboxylic acids is 1. The summed E-state index contributed by atoms with van der Waals surface area (Å²) in [5.74, 6) is -1.51. The van der Waals surface area contributed by atoms with Gasteiger partial charge in [0.15, 0.2) is 0 Å². The molecule has 1 N–H and O–H groups in total. The lowest BCUT2D eigenvalue weighted by Crippen LogP contribution is -2.56. The molecule has 7 heteroatoms. The number of likely N-dealkylation sites (N-methyl/N-ethyl adjacent to an activating group) is 1. The molecule has 124 valence electrons. The van der Waals surface area contributed by atoms with Crippen molar-refractivity contribution in [2.45, 2.75) is 44.6 Å². The highest BCUT2D eigenvalue weighted by Gasteiger charge is 2.46. The van der Waals surface area contributed by atoms with Gasteiger partial charge < -0.3 is 10.0 Å². The number of nitro groups is 1. The fraction of sp³-hybridized carbons (Fsp3) is 0.500. The molecule has 7 nitrogen and oxygen atoms in total. The minimum Gasteiger partial charge on any atom is -0.479 e. The van der Waals surface area contributed by atoms with E-state index in [0.29, 0.717) is 12.8 Å². The van der Waals surface area contributed by atoms with Crippen LogP contribution < -0.4 is 0 Å². The van der Waals surface area contributed by atoms with E-state index < -0.39 is 22.3 Å². The van der Waals surface area contributed by atoms with E-state index >= 15 is 0 Å². The van der Waals surface area contributed by atoms with Gasteiger partial charge in [0.2, 0.25) is 0 Å². The molecular weight excluding hydrogens is 300 g/mol. The molecule has 1 saturated carbocycles. The van der Waals surface area contributed by atoms with E-state index in [0.717, 1.165) is 19.3 Å². The third-order valence-corrected chi connectivity index (χ3v) is 4.76. The number of benzene rings is 1. The van der Waals surface area contributed by atoms with Gasteiger partial charge >= 0.3 is 5.97 Å². The van der Waals surface area contributed by atoms with Gasteiger partial charge in [-0.2, -0.15) is 0 Å². The topological polar surface area (TPSA) is 101 Å². The Hall–Kier alpha value is -2.44. The zero-order chi connectivity index (χ0) is 17.2. The Morgan fingerprint density at radius 3 is 2.39 bits per heavy atom. The lowest BCUT2D eigenvalue weighted by atomic mass is 9.80. The second-order valence-electron chi connectivity index (χ2n) is 5.97. The summed E-state index contributed by atoms with van der Waals surface area (Å²) >= 11 is 0. The van der Waals surface area contributed by atoms with E-state index in [2.05, 4.69) is 0 Å². The standard InChI is InChI=1S/C16H20N2O5/c1-11-12(7-6-8-13(11)18(22)23)14(19)17(2)16(15(20)21)9-4-3-5-10-16/h6-8H,3-5,9-10H2,1-2H3,(H,20,21). The number of carboxylic acid groups (broad SMARTS) is 1. The summed E-state index contributed by atoms with van der Waals surface area (Å²) in [5.41, 5.74) is -0.942. The highest BCUT2D eigenvalue weighted by molar-refractivity contribution is 5.99. The molecule has 0 aliphatic heterocycles. The largest absolute Gasteiger partial charge is 0.479 e. The molecule has 1 aromatic rings. The Labute approximate surface area is 134 Å². The van der Waals surface area contributed by atoms with Crippen molar-refractivity contribution in [3.05, 3.63) is 39.4 Å². The van der Waals surface area contributed by atoms with Crippen molar-refractivity contribution in [1.29, 1.82) is 0 Å². The molecular formula is C16H20N2O5. The van der Waals surface area contributed by atoms with Crippen LogP contribution in [0.1, 0.15) is 48.0 Å². The first-order chi connectivity index (χ1) is 10.8. The van der Waals surface area contributed by atoms with Gasteiger partial charge in [0.1, 0.15) is 5.54 Å². The molecule has 1 aliphatic rings. The predicted molar refractivity (Wildman–Crippen MR) is 83.4 cm³/mol. The van der Waals surface area contributed by atoms with Crippen molar-refractivity contribution in [3.63, 3.8) is 0 Å². The maximum Gasteiger partial charge on any atom is 0.329 e. The number of nitro benzene ring substituents is 1. The van der Waals surface area contributed by atoms with Crippen LogP contribution in [0.2, 0.25) is 0 Å². The average molecular weight is 320 g/mol. The third-order valence-electron chi connectivity index (χ3n) is 4.76. The first-order valence-electron chi connectivity index (χ1n) is 7.57. The normalized spacial score (nSPS) is 16.6. The summed E-state index contributed by atoms with van der Waals surface area (Å²) in [7, 11) is 1.47. The zero-order valence-corrected chi connectivity index (χ0v) is 13.2. The van der Waals surface area contributed by atoms with Crippen molar-refractivity contribution in [1.82, 2.24) is 4.90 Å². The number of hydrogen-bond donors (Lipinski definition) is 1. The van der Waals surface area contributed by atoms with Crippen molar-refractivity contribution in [2.24, 2.45) is 0 Å². The van der Waals surface area contributed by atoms with Crippen LogP contribution in [0.25, 0.3) is 0 Å². The van der Waals surface area contributed by atoms with Crippen LogP contribution in [-0.4, -0.2) is 39.4 Å². The molecule has 23 heavy (non-hydrogen) atoms. The Balaban J connectivity index is 2.41. The van der Waals surface area contributed by atoms with Gasteiger partial charge in [0, 0.05) is 24.2 Å². The second-order valence-corrected chi connectivity index (χ2v) is 5.97. The molecule has 0 atom stereocenters.